The lowest BCUT2D eigenvalue weighted by Gasteiger charge is -2.10. The average Bonchev–Trinajstić information content (AvgIpc) is 2.59. The molecule has 3 rings (SSSR count). The van der Waals surface area contributed by atoms with Crippen LogP contribution in [0.3, 0.4) is 0 Å². The Morgan fingerprint density at radius 3 is 2.28 bits per heavy atom. The average molecular weight is 374 g/mol. The molecule has 0 atom stereocenters. The predicted molar refractivity (Wildman–Crippen MR) is 102 cm³/mol. The number of para-hydroxylation sites is 1. The highest BCUT2D eigenvalue weighted by Crippen LogP contribution is 2.20. The van der Waals surface area contributed by atoms with Gasteiger partial charge in [-0.25, -0.2) is 13.4 Å². The molecule has 2 aromatic carbocycles. The van der Waals surface area contributed by atoms with Crippen LogP contribution in [0.1, 0.15) is 5.56 Å². The number of aromatic nitrogens is 1. The minimum Gasteiger partial charge on any atom is -0.340 e. The first-order valence-corrected chi connectivity index (χ1v) is 9.57. The van der Waals surface area contributed by atoms with Crippen molar-refractivity contribution in [1.82, 2.24) is 4.98 Å². The summed E-state index contributed by atoms with van der Waals surface area (Å²) in [6.45, 7) is 0. The second kappa shape index (κ2) is 7.55. The number of anilines is 3. The maximum Gasteiger partial charge on any atom is 0.237 e. The van der Waals surface area contributed by atoms with Gasteiger partial charge in [-0.2, -0.15) is 0 Å². The van der Waals surface area contributed by atoms with Crippen LogP contribution in [0.25, 0.3) is 0 Å². The summed E-state index contributed by atoms with van der Waals surface area (Å²) in [5.74, 6) is 0.428. The first-order chi connectivity index (χ1) is 12.0. The van der Waals surface area contributed by atoms with Crippen molar-refractivity contribution in [1.29, 1.82) is 0 Å². The summed E-state index contributed by atoms with van der Waals surface area (Å²) in [5.41, 5.74) is 1.85. The van der Waals surface area contributed by atoms with Gasteiger partial charge in [0.1, 0.15) is 5.82 Å². The van der Waals surface area contributed by atoms with E-state index in [0.29, 0.717) is 22.1 Å². The fraction of sp³-hybridized carbons (Fsp3) is 0.0556. The van der Waals surface area contributed by atoms with Gasteiger partial charge in [0.2, 0.25) is 10.0 Å². The van der Waals surface area contributed by atoms with E-state index in [4.69, 9.17) is 11.6 Å². The van der Waals surface area contributed by atoms with Crippen molar-refractivity contribution >= 4 is 38.8 Å². The molecule has 0 fully saturated rings. The van der Waals surface area contributed by atoms with Gasteiger partial charge in [0.25, 0.3) is 0 Å². The molecule has 1 heterocycles. The lowest BCUT2D eigenvalue weighted by atomic mass is 10.2. The molecule has 0 bridgehead atoms. The summed E-state index contributed by atoms with van der Waals surface area (Å²) in [6.07, 6.45) is 1.47. The van der Waals surface area contributed by atoms with Crippen LogP contribution in [0.5, 0.6) is 0 Å². The largest absolute Gasteiger partial charge is 0.340 e. The van der Waals surface area contributed by atoms with Gasteiger partial charge >= 0.3 is 0 Å². The van der Waals surface area contributed by atoms with Crippen molar-refractivity contribution in [2.24, 2.45) is 0 Å². The molecule has 0 spiro atoms. The molecule has 2 N–H and O–H groups in total. The Balaban J connectivity index is 1.67. The van der Waals surface area contributed by atoms with Crippen LogP contribution in [0.4, 0.5) is 17.2 Å². The van der Waals surface area contributed by atoms with E-state index in [9.17, 15) is 8.42 Å². The molecule has 0 saturated carbocycles. The summed E-state index contributed by atoms with van der Waals surface area (Å²) in [4.78, 5) is 4.22. The number of hydrogen-bond acceptors (Lipinski definition) is 4. The van der Waals surface area contributed by atoms with Crippen LogP contribution in [0, 0.1) is 0 Å². The molecule has 128 valence electrons. The Hall–Kier alpha value is -2.57. The fourth-order valence-corrected chi connectivity index (χ4v) is 3.73. The minimum atomic E-state index is -3.58. The number of sulfonamides is 1. The SMILES string of the molecule is O=S(=O)(Cc1ccccc1Cl)Nc1ccc(Nc2ccccc2)nc1. The Bertz CT molecular complexity index is 946. The molecule has 0 amide bonds. The zero-order chi connectivity index (χ0) is 17.7. The molecular weight excluding hydrogens is 358 g/mol. The number of pyridine rings is 1. The third-order valence-electron chi connectivity index (χ3n) is 3.39. The van der Waals surface area contributed by atoms with E-state index in [1.807, 2.05) is 30.3 Å². The Kier molecular flexibility index (Phi) is 5.21. The van der Waals surface area contributed by atoms with Crippen LogP contribution in [0.2, 0.25) is 5.02 Å². The predicted octanol–water partition coefficient (Wildman–Crippen LogP) is 4.42. The van der Waals surface area contributed by atoms with Crippen molar-refractivity contribution in [3.05, 3.63) is 83.5 Å². The summed E-state index contributed by atoms with van der Waals surface area (Å²) in [7, 11) is -3.58. The van der Waals surface area contributed by atoms with Crippen molar-refractivity contribution < 1.29 is 8.42 Å². The number of rotatable bonds is 6. The van der Waals surface area contributed by atoms with Gasteiger partial charge in [-0.3, -0.25) is 4.72 Å². The third-order valence-corrected chi connectivity index (χ3v) is 4.99. The molecular formula is C18H16ClN3O2S. The van der Waals surface area contributed by atoms with E-state index in [-0.39, 0.29) is 5.75 Å². The molecule has 0 saturated heterocycles. The summed E-state index contributed by atoms with van der Waals surface area (Å²) in [5, 5.41) is 3.56. The lowest BCUT2D eigenvalue weighted by Crippen LogP contribution is -2.15. The number of hydrogen-bond donors (Lipinski definition) is 2. The van der Waals surface area contributed by atoms with E-state index in [1.165, 1.54) is 6.20 Å². The maximum atomic E-state index is 12.3. The van der Waals surface area contributed by atoms with Crippen LogP contribution >= 0.6 is 11.6 Å². The Labute approximate surface area is 151 Å². The van der Waals surface area contributed by atoms with E-state index in [1.54, 1.807) is 36.4 Å². The first kappa shape index (κ1) is 17.3. The number of nitrogens with one attached hydrogen (secondary N) is 2. The molecule has 0 aliphatic heterocycles. The third kappa shape index (κ3) is 4.95. The summed E-state index contributed by atoms with van der Waals surface area (Å²) < 4.78 is 27.1. The summed E-state index contributed by atoms with van der Waals surface area (Å²) >= 11 is 6.02. The molecule has 0 aliphatic rings. The van der Waals surface area contributed by atoms with Crippen LogP contribution in [-0.4, -0.2) is 13.4 Å². The van der Waals surface area contributed by atoms with Gasteiger partial charge in [0, 0.05) is 10.7 Å². The first-order valence-electron chi connectivity index (χ1n) is 7.54. The number of halogens is 1. The summed E-state index contributed by atoms with van der Waals surface area (Å²) in [6, 6.07) is 19.8. The molecule has 5 nitrogen and oxygen atoms in total. The topological polar surface area (TPSA) is 71.1 Å². The zero-order valence-electron chi connectivity index (χ0n) is 13.2. The lowest BCUT2D eigenvalue weighted by molar-refractivity contribution is 0.600. The highest BCUT2D eigenvalue weighted by Gasteiger charge is 2.14. The van der Waals surface area contributed by atoms with Gasteiger partial charge in [-0.1, -0.05) is 48.0 Å². The number of nitrogens with zero attached hydrogens (tertiary/aromatic N) is 1. The van der Waals surface area contributed by atoms with E-state index >= 15 is 0 Å². The normalized spacial score (nSPS) is 11.1. The van der Waals surface area contributed by atoms with Crippen molar-refractivity contribution in [2.75, 3.05) is 10.0 Å². The van der Waals surface area contributed by atoms with E-state index in [0.717, 1.165) is 5.69 Å². The van der Waals surface area contributed by atoms with Gasteiger partial charge in [0.05, 0.1) is 17.6 Å². The molecule has 3 aromatic rings. The highest BCUT2D eigenvalue weighted by atomic mass is 35.5. The second-order valence-corrected chi connectivity index (χ2v) is 7.51. The molecule has 0 radical (unpaired) electrons. The fourth-order valence-electron chi connectivity index (χ4n) is 2.23. The van der Waals surface area contributed by atoms with Crippen molar-refractivity contribution in [3.8, 4) is 0 Å². The Morgan fingerprint density at radius 1 is 0.880 bits per heavy atom. The van der Waals surface area contributed by atoms with Gasteiger partial charge in [-0.15, -0.1) is 0 Å². The molecule has 25 heavy (non-hydrogen) atoms. The standard InChI is InChI=1S/C18H16ClN3O2S/c19-17-9-5-4-6-14(17)13-25(23,24)22-16-10-11-18(20-12-16)21-15-7-2-1-3-8-15/h1-12,22H,13H2,(H,20,21). The minimum absolute atomic E-state index is 0.198. The monoisotopic (exact) mass is 373 g/mol. The maximum absolute atomic E-state index is 12.3. The molecule has 0 aliphatic carbocycles. The number of benzene rings is 2. The van der Waals surface area contributed by atoms with Crippen molar-refractivity contribution in [2.45, 2.75) is 5.75 Å². The quantitative estimate of drug-likeness (QED) is 0.671. The Morgan fingerprint density at radius 2 is 1.60 bits per heavy atom. The van der Waals surface area contributed by atoms with Gasteiger partial charge in [-0.05, 0) is 35.9 Å². The van der Waals surface area contributed by atoms with Gasteiger partial charge in [0.15, 0.2) is 0 Å². The molecule has 7 heteroatoms. The second-order valence-electron chi connectivity index (χ2n) is 5.38. The van der Waals surface area contributed by atoms with Gasteiger partial charge < -0.3 is 5.32 Å². The van der Waals surface area contributed by atoms with E-state index < -0.39 is 10.0 Å². The van der Waals surface area contributed by atoms with E-state index in [2.05, 4.69) is 15.0 Å². The molecule has 0 unspecified atom stereocenters. The zero-order valence-corrected chi connectivity index (χ0v) is 14.8. The van der Waals surface area contributed by atoms with Crippen LogP contribution < -0.4 is 10.0 Å². The van der Waals surface area contributed by atoms with Crippen LogP contribution in [-0.2, 0) is 15.8 Å². The van der Waals surface area contributed by atoms with Crippen LogP contribution in [0.15, 0.2) is 72.9 Å². The molecule has 1 aromatic heterocycles. The highest BCUT2D eigenvalue weighted by molar-refractivity contribution is 7.91. The van der Waals surface area contributed by atoms with Crippen molar-refractivity contribution in [3.63, 3.8) is 0 Å². The smallest absolute Gasteiger partial charge is 0.237 e.